The van der Waals surface area contributed by atoms with E-state index in [0.717, 1.165) is 38.8 Å². The molecule has 4 nitrogen and oxygen atoms in total. The fourth-order valence-electron chi connectivity index (χ4n) is 2.48. The Kier molecular flexibility index (Phi) is 5.22. The first-order valence-electron chi connectivity index (χ1n) is 6.21. The minimum Gasteiger partial charge on any atom is -0.481 e. The summed E-state index contributed by atoms with van der Waals surface area (Å²) < 4.78 is 0. The third-order valence-electron chi connectivity index (χ3n) is 3.67. The number of piperidine rings is 1. The van der Waals surface area contributed by atoms with Gasteiger partial charge in [-0.25, -0.2) is 0 Å². The number of carboxylic acid groups (broad SMARTS) is 1. The van der Waals surface area contributed by atoms with Crippen LogP contribution in [0.25, 0.3) is 0 Å². The number of hydrogen-bond donors (Lipinski definition) is 2. The Morgan fingerprint density at radius 2 is 2.19 bits per heavy atom. The Hall–Kier alpha value is -0.610. The van der Waals surface area contributed by atoms with E-state index in [2.05, 4.69) is 4.90 Å². The van der Waals surface area contributed by atoms with E-state index in [1.807, 2.05) is 6.92 Å². The summed E-state index contributed by atoms with van der Waals surface area (Å²) in [6.45, 7) is 4.78. The molecule has 1 fully saturated rings. The average molecular weight is 229 g/mol. The number of aliphatic hydroxyl groups is 1. The lowest BCUT2D eigenvalue weighted by molar-refractivity contribution is -0.152. The van der Waals surface area contributed by atoms with Gasteiger partial charge in [0, 0.05) is 13.2 Å². The third-order valence-corrected chi connectivity index (χ3v) is 3.67. The van der Waals surface area contributed by atoms with E-state index in [-0.39, 0.29) is 6.61 Å². The Morgan fingerprint density at radius 1 is 1.44 bits per heavy atom. The summed E-state index contributed by atoms with van der Waals surface area (Å²) in [7, 11) is 0. The van der Waals surface area contributed by atoms with Crippen molar-refractivity contribution in [2.24, 2.45) is 5.41 Å². The lowest BCUT2D eigenvalue weighted by Gasteiger charge is -2.39. The first-order valence-corrected chi connectivity index (χ1v) is 6.21. The van der Waals surface area contributed by atoms with Crippen molar-refractivity contribution in [2.75, 3.05) is 26.2 Å². The van der Waals surface area contributed by atoms with Gasteiger partial charge in [-0.3, -0.25) is 4.79 Å². The summed E-state index contributed by atoms with van der Waals surface area (Å²) in [5.74, 6) is -0.651. The molecule has 1 saturated heterocycles. The lowest BCUT2D eigenvalue weighted by Crippen LogP contribution is -2.47. The number of carboxylic acids is 1. The van der Waals surface area contributed by atoms with Gasteiger partial charge in [-0.05, 0) is 45.2 Å². The predicted molar refractivity (Wildman–Crippen MR) is 62.4 cm³/mol. The minimum absolute atomic E-state index is 0.228. The second-order valence-corrected chi connectivity index (χ2v) is 4.75. The SMILES string of the molecule is CCC1(C(=O)O)CCCN(CCCCO)C1. The number of likely N-dealkylation sites (tertiary alicyclic amines) is 1. The maximum atomic E-state index is 11.3. The van der Waals surface area contributed by atoms with E-state index in [4.69, 9.17) is 5.11 Å². The van der Waals surface area contributed by atoms with Crippen LogP contribution in [0.2, 0.25) is 0 Å². The molecule has 16 heavy (non-hydrogen) atoms. The van der Waals surface area contributed by atoms with Gasteiger partial charge in [0.1, 0.15) is 0 Å². The monoisotopic (exact) mass is 229 g/mol. The van der Waals surface area contributed by atoms with E-state index >= 15 is 0 Å². The quantitative estimate of drug-likeness (QED) is 0.675. The van der Waals surface area contributed by atoms with E-state index in [9.17, 15) is 9.90 Å². The maximum Gasteiger partial charge on any atom is 0.310 e. The zero-order valence-corrected chi connectivity index (χ0v) is 10.1. The van der Waals surface area contributed by atoms with E-state index in [1.54, 1.807) is 0 Å². The van der Waals surface area contributed by atoms with Crippen LogP contribution in [0.5, 0.6) is 0 Å². The largest absolute Gasteiger partial charge is 0.481 e. The van der Waals surface area contributed by atoms with E-state index in [0.29, 0.717) is 13.0 Å². The van der Waals surface area contributed by atoms with Crippen molar-refractivity contribution in [1.82, 2.24) is 4.90 Å². The Bertz CT molecular complexity index is 232. The van der Waals surface area contributed by atoms with Crippen molar-refractivity contribution < 1.29 is 15.0 Å². The molecule has 1 heterocycles. The highest BCUT2D eigenvalue weighted by Gasteiger charge is 2.40. The molecule has 0 aromatic rings. The molecule has 2 N–H and O–H groups in total. The minimum atomic E-state index is -0.651. The number of nitrogens with zero attached hydrogens (tertiary/aromatic N) is 1. The summed E-state index contributed by atoms with van der Waals surface area (Å²) in [6, 6.07) is 0. The Balaban J connectivity index is 2.48. The first-order chi connectivity index (χ1) is 7.64. The van der Waals surface area contributed by atoms with Crippen LogP contribution in [0, 0.1) is 5.41 Å². The number of rotatable bonds is 6. The van der Waals surface area contributed by atoms with E-state index in [1.165, 1.54) is 0 Å². The van der Waals surface area contributed by atoms with Gasteiger partial charge in [0.2, 0.25) is 0 Å². The molecular formula is C12H23NO3. The topological polar surface area (TPSA) is 60.8 Å². The van der Waals surface area contributed by atoms with Crippen molar-refractivity contribution in [3.05, 3.63) is 0 Å². The molecule has 0 amide bonds. The molecule has 0 aliphatic carbocycles. The highest BCUT2D eigenvalue weighted by molar-refractivity contribution is 5.75. The highest BCUT2D eigenvalue weighted by Crippen LogP contribution is 2.33. The van der Waals surface area contributed by atoms with Crippen molar-refractivity contribution in [2.45, 2.75) is 39.0 Å². The second-order valence-electron chi connectivity index (χ2n) is 4.75. The second kappa shape index (κ2) is 6.21. The highest BCUT2D eigenvalue weighted by atomic mass is 16.4. The van der Waals surface area contributed by atoms with Crippen LogP contribution in [0.3, 0.4) is 0 Å². The zero-order valence-electron chi connectivity index (χ0n) is 10.1. The van der Waals surface area contributed by atoms with Crippen molar-refractivity contribution in [3.8, 4) is 0 Å². The van der Waals surface area contributed by atoms with Gasteiger partial charge in [-0.15, -0.1) is 0 Å². The fourth-order valence-corrected chi connectivity index (χ4v) is 2.48. The van der Waals surface area contributed by atoms with Gasteiger partial charge < -0.3 is 15.1 Å². The standard InChI is InChI=1S/C12H23NO3/c1-2-12(11(15)16)6-5-8-13(10-12)7-3-4-9-14/h14H,2-10H2,1H3,(H,15,16). The zero-order chi connectivity index (χ0) is 12.0. The molecule has 1 rings (SSSR count). The average Bonchev–Trinajstić information content (AvgIpc) is 2.29. The van der Waals surface area contributed by atoms with Crippen molar-refractivity contribution in [3.63, 3.8) is 0 Å². The van der Waals surface area contributed by atoms with Crippen LogP contribution >= 0.6 is 0 Å². The van der Waals surface area contributed by atoms with Crippen LogP contribution in [0.15, 0.2) is 0 Å². The Morgan fingerprint density at radius 3 is 2.75 bits per heavy atom. The summed E-state index contributed by atoms with van der Waals surface area (Å²) in [5, 5.41) is 18.0. The molecular weight excluding hydrogens is 206 g/mol. The summed E-state index contributed by atoms with van der Waals surface area (Å²) in [4.78, 5) is 13.5. The maximum absolute atomic E-state index is 11.3. The molecule has 0 spiro atoms. The number of carbonyl (C=O) groups is 1. The normalized spacial score (nSPS) is 26.9. The van der Waals surface area contributed by atoms with Crippen LogP contribution in [-0.2, 0) is 4.79 Å². The third kappa shape index (κ3) is 3.19. The summed E-state index contributed by atoms with van der Waals surface area (Å²) >= 11 is 0. The molecule has 1 aliphatic rings. The number of hydrogen-bond acceptors (Lipinski definition) is 3. The smallest absolute Gasteiger partial charge is 0.310 e. The van der Waals surface area contributed by atoms with Crippen LogP contribution in [0.4, 0.5) is 0 Å². The molecule has 0 aromatic heterocycles. The van der Waals surface area contributed by atoms with Gasteiger partial charge in [0.15, 0.2) is 0 Å². The predicted octanol–water partition coefficient (Wildman–Crippen LogP) is 1.34. The molecule has 0 bridgehead atoms. The van der Waals surface area contributed by atoms with Gasteiger partial charge in [0.05, 0.1) is 5.41 Å². The molecule has 0 aromatic carbocycles. The fraction of sp³-hybridized carbons (Fsp3) is 0.917. The number of aliphatic hydroxyl groups excluding tert-OH is 1. The molecule has 94 valence electrons. The number of unbranched alkanes of at least 4 members (excludes halogenated alkanes) is 1. The van der Waals surface area contributed by atoms with E-state index < -0.39 is 11.4 Å². The molecule has 1 atom stereocenters. The molecule has 4 heteroatoms. The molecule has 0 radical (unpaired) electrons. The summed E-state index contributed by atoms with van der Waals surface area (Å²) in [6.07, 6.45) is 4.24. The van der Waals surface area contributed by atoms with Crippen LogP contribution in [-0.4, -0.2) is 47.3 Å². The number of aliphatic carboxylic acids is 1. The van der Waals surface area contributed by atoms with Gasteiger partial charge in [-0.2, -0.15) is 0 Å². The first kappa shape index (κ1) is 13.5. The molecule has 0 saturated carbocycles. The van der Waals surface area contributed by atoms with Gasteiger partial charge >= 0.3 is 5.97 Å². The Labute approximate surface area is 97.3 Å². The van der Waals surface area contributed by atoms with Gasteiger partial charge in [-0.1, -0.05) is 6.92 Å². The lowest BCUT2D eigenvalue weighted by atomic mass is 9.77. The summed E-state index contributed by atoms with van der Waals surface area (Å²) in [5.41, 5.74) is -0.530. The molecule has 1 unspecified atom stereocenters. The molecule has 1 aliphatic heterocycles. The van der Waals surface area contributed by atoms with Crippen LogP contribution in [0.1, 0.15) is 39.0 Å². The van der Waals surface area contributed by atoms with Crippen LogP contribution < -0.4 is 0 Å². The van der Waals surface area contributed by atoms with Crippen molar-refractivity contribution >= 4 is 5.97 Å². The van der Waals surface area contributed by atoms with Crippen molar-refractivity contribution in [1.29, 1.82) is 0 Å². The van der Waals surface area contributed by atoms with Gasteiger partial charge in [0.25, 0.3) is 0 Å².